The Balaban J connectivity index is 2.04. The molecule has 2 nitrogen and oxygen atoms in total. The second-order valence-electron chi connectivity index (χ2n) is 6.90. The summed E-state index contributed by atoms with van der Waals surface area (Å²) in [5.41, 5.74) is 7.10. The number of rotatable bonds is 3. The molecule has 0 amide bonds. The molecule has 1 aromatic heterocycles. The molecule has 0 saturated heterocycles. The summed E-state index contributed by atoms with van der Waals surface area (Å²) in [6, 6.07) is 10.6. The van der Waals surface area contributed by atoms with Crippen molar-refractivity contribution >= 4 is 27.3 Å². The normalized spacial score (nSPS) is 16.4. The lowest BCUT2D eigenvalue weighted by atomic mass is 9.82. The Morgan fingerprint density at radius 3 is 2.58 bits per heavy atom. The molecule has 1 aromatic carbocycles. The highest BCUT2D eigenvalue weighted by Crippen LogP contribution is 2.40. The zero-order valence-corrected chi connectivity index (χ0v) is 16.4. The van der Waals surface area contributed by atoms with Crippen LogP contribution in [-0.4, -0.2) is 10.7 Å². The molecule has 1 aliphatic carbocycles. The molecular formula is C21H25BrN2. The third kappa shape index (κ3) is 3.94. The number of nitrogens with zero attached hydrogens (tertiary/aromatic N) is 2. The van der Waals surface area contributed by atoms with E-state index in [1.807, 2.05) is 18.2 Å². The Morgan fingerprint density at radius 1 is 1.12 bits per heavy atom. The van der Waals surface area contributed by atoms with E-state index in [4.69, 9.17) is 4.99 Å². The predicted octanol–water partition coefficient (Wildman–Crippen LogP) is 6.65. The summed E-state index contributed by atoms with van der Waals surface area (Å²) in [7, 11) is 0. The first-order valence-corrected chi connectivity index (χ1v) is 9.63. The van der Waals surface area contributed by atoms with Crippen molar-refractivity contribution in [1.29, 1.82) is 0 Å². The van der Waals surface area contributed by atoms with Crippen LogP contribution in [0.1, 0.15) is 67.3 Å². The first kappa shape index (κ1) is 17.3. The minimum Gasteiger partial charge on any atom is -0.251 e. The maximum Gasteiger partial charge on any atom is 0.106 e. The molecule has 0 unspecified atom stereocenters. The van der Waals surface area contributed by atoms with E-state index < -0.39 is 0 Å². The van der Waals surface area contributed by atoms with Gasteiger partial charge in [0, 0.05) is 0 Å². The first-order valence-electron chi connectivity index (χ1n) is 8.84. The highest BCUT2D eigenvalue weighted by Gasteiger charge is 2.20. The van der Waals surface area contributed by atoms with E-state index in [9.17, 15) is 0 Å². The Bertz CT molecular complexity index is 758. The summed E-state index contributed by atoms with van der Waals surface area (Å²) in [5.74, 6) is 0.652. The van der Waals surface area contributed by atoms with Crippen LogP contribution in [0.3, 0.4) is 0 Å². The van der Waals surface area contributed by atoms with Gasteiger partial charge < -0.3 is 0 Å². The Labute approximate surface area is 153 Å². The fraction of sp³-hybridized carbons (Fsp3) is 0.429. The molecule has 0 bridgehead atoms. The standard InChI is InChI=1S/C21H25BrN2/c1-14-12-15(2)21(18(13-14)17-8-5-4-6-9-17)23-16(3)19-10-7-11-20(22)24-19/h7,10-13,17H,4-6,8-9H2,1-3H3. The SMILES string of the molecule is CC(=Nc1c(C)cc(C)cc1C1CCCCC1)c1cccc(Br)n1. The largest absolute Gasteiger partial charge is 0.251 e. The van der Waals surface area contributed by atoms with Crippen molar-refractivity contribution < 1.29 is 0 Å². The summed E-state index contributed by atoms with van der Waals surface area (Å²) in [6.07, 6.45) is 6.64. The number of hydrogen-bond acceptors (Lipinski definition) is 2. The molecular weight excluding hydrogens is 360 g/mol. The molecule has 0 atom stereocenters. The molecule has 1 aliphatic rings. The second-order valence-corrected chi connectivity index (χ2v) is 7.71. The molecule has 3 rings (SSSR count). The van der Waals surface area contributed by atoms with Gasteiger partial charge in [-0.15, -0.1) is 0 Å². The minimum atomic E-state index is 0.652. The van der Waals surface area contributed by atoms with Crippen molar-refractivity contribution in [1.82, 2.24) is 4.98 Å². The van der Waals surface area contributed by atoms with Gasteiger partial charge in [0.2, 0.25) is 0 Å². The predicted molar refractivity (Wildman–Crippen MR) is 106 cm³/mol. The van der Waals surface area contributed by atoms with E-state index >= 15 is 0 Å². The fourth-order valence-electron chi connectivity index (χ4n) is 3.71. The number of aliphatic imine (C=N–C) groups is 1. The van der Waals surface area contributed by atoms with Crippen molar-refractivity contribution in [2.75, 3.05) is 0 Å². The average molecular weight is 385 g/mol. The van der Waals surface area contributed by atoms with Gasteiger partial charge in [0.15, 0.2) is 0 Å². The van der Waals surface area contributed by atoms with Gasteiger partial charge in [0.1, 0.15) is 4.60 Å². The van der Waals surface area contributed by atoms with E-state index in [0.717, 1.165) is 21.7 Å². The Hall–Kier alpha value is -1.48. The van der Waals surface area contributed by atoms with Gasteiger partial charge >= 0.3 is 0 Å². The van der Waals surface area contributed by atoms with Crippen LogP contribution in [0, 0.1) is 13.8 Å². The summed E-state index contributed by atoms with van der Waals surface area (Å²) in [4.78, 5) is 9.56. The van der Waals surface area contributed by atoms with Crippen LogP contribution < -0.4 is 0 Å². The quantitative estimate of drug-likeness (QED) is 0.429. The van der Waals surface area contributed by atoms with Gasteiger partial charge in [-0.1, -0.05) is 43.0 Å². The van der Waals surface area contributed by atoms with Gasteiger partial charge in [0.05, 0.1) is 17.1 Å². The number of benzene rings is 1. The lowest BCUT2D eigenvalue weighted by Gasteiger charge is -2.24. The summed E-state index contributed by atoms with van der Waals surface area (Å²) in [6.45, 7) is 6.42. The number of hydrogen-bond donors (Lipinski definition) is 0. The molecule has 126 valence electrons. The van der Waals surface area contributed by atoms with Crippen LogP contribution in [0.15, 0.2) is 39.9 Å². The van der Waals surface area contributed by atoms with Gasteiger partial charge in [-0.3, -0.25) is 4.99 Å². The van der Waals surface area contributed by atoms with Crippen molar-refractivity contribution in [3.63, 3.8) is 0 Å². The highest BCUT2D eigenvalue weighted by molar-refractivity contribution is 9.10. The van der Waals surface area contributed by atoms with E-state index in [-0.39, 0.29) is 0 Å². The van der Waals surface area contributed by atoms with Crippen molar-refractivity contribution in [3.8, 4) is 0 Å². The molecule has 0 aliphatic heterocycles. The monoisotopic (exact) mass is 384 g/mol. The lowest BCUT2D eigenvalue weighted by molar-refractivity contribution is 0.444. The summed E-state index contributed by atoms with van der Waals surface area (Å²) in [5, 5.41) is 0. The smallest absolute Gasteiger partial charge is 0.106 e. The fourth-order valence-corrected chi connectivity index (χ4v) is 4.05. The number of pyridine rings is 1. The molecule has 2 aromatic rings. The molecule has 1 heterocycles. The maximum atomic E-state index is 5.02. The van der Waals surface area contributed by atoms with E-state index in [2.05, 4.69) is 53.8 Å². The zero-order valence-electron chi connectivity index (χ0n) is 14.8. The lowest BCUT2D eigenvalue weighted by Crippen LogP contribution is -2.07. The highest BCUT2D eigenvalue weighted by atomic mass is 79.9. The van der Waals surface area contributed by atoms with Crippen molar-refractivity contribution in [3.05, 3.63) is 57.3 Å². The van der Waals surface area contributed by atoms with Crippen LogP contribution in [0.4, 0.5) is 5.69 Å². The third-order valence-electron chi connectivity index (χ3n) is 4.88. The average Bonchev–Trinajstić information content (AvgIpc) is 2.57. The Morgan fingerprint density at radius 2 is 1.88 bits per heavy atom. The van der Waals surface area contributed by atoms with Gasteiger partial charge in [0.25, 0.3) is 0 Å². The van der Waals surface area contributed by atoms with Gasteiger partial charge in [-0.25, -0.2) is 4.98 Å². The van der Waals surface area contributed by atoms with Crippen LogP contribution in [0.2, 0.25) is 0 Å². The molecule has 0 spiro atoms. The summed E-state index contributed by atoms with van der Waals surface area (Å²) >= 11 is 3.45. The van der Waals surface area contributed by atoms with E-state index in [1.54, 1.807) is 0 Å². The van der Waals surface area contributed by atoms with Crippen LogP contribution in [-0.2, 0) is 0 Å². The van der Waals surface area contributed by atoms with Crippen LogP contribution >= 0.6 is 15.9 Å². The molecule has 24 heavy (non-hydrogen) atoms. The number of halogens is 1. The topological polar surface area (TPSA) is 25.2 Å². The van der Waals surface area contributed by atoms with Gasteiger partial charge in [-0.05, 0) is 78.7 Å². The van der Waals surface area contributed by atoms with Crippen LogP contribution in [0.5, 0.6) is 0 Å². The second kappa shape index (κ2) is 7.60. The molecule has 1 saturated carbocycles. The molecule has 0 N–H and O–H groups in total. The molecule has 0 radical (unpaired) electrons. The summed E-state index contributed by atoms with van der Waals surface area (Å²) < 4.78 is 0.850. The van der Waals surface area contributed by atoms with Crippen LogP contribution in [0.25, 0.3) is 0 Å². The van der Waals surface area contributed by atoms with Crippen molar-refractivity contribution in [2.24, 2.45) is 4.99 Å². The number of aromatic nitrogens is 1. The Kier molecular flexibility index (Phi) is 5.50. The minimum absolute atomic E-state index is 0.652. The maximum absolute atomic E-state index is 5.02. The van der Waals surface area contributed by atoms with Crippen molar-refractivity contribution in [2.45, 2.75) is 58.8 Å². The molecule has 3 heteroatoms. The zero-order chi connectivity index (χ0) is 17.1. The van der Waals surface area contributed by atoms with E-state index in [1.165, 1.54) is 48.8 Å². The van der Waals surface area contributed by atoms with E-state index in [0.29, 0.717) is 5.92 Å². The van der Waals surface area contributed by atoms with Gasteiger partial charge in [-0.2, -0.15) is 0 Å². The first-order chi connectivity index (χ1) is 11.5. The third-order valence-corrected chi connectivity index (χ3v) is 5.33. The molecule has 1 fully saturated rings. The number of aryl methyl sites for hydroxylation is 2.